The monoisotopic (exact) mass is 452 g/mol. The first-order valence-corrected chi connectivity index (χ1v) is 11.6. The number of anilines is 1. The van der Waals surface area contributed by atoms with Crippen LogP contribution in [0.15, 0.2) is 47.3 Å². The van der Waals surface area contributed by atoms with E-state index in [1.807, 2.05) is 31.4 Å². The lowest BCUT2D eigenvalue weighted by Crippen LogP contribution is -2.56. The van der Waals surface area contributed by atoms with Gasteiger partial charge in [-0.3, -0.25) is 9.59 Å². The highest BCUT2D eigenvalue weighted by Crippen LogP contribution is 2.35. The lowest BCUT2D eigenvalue weighted by molar-refractivity contribution is -0.118. The highest BCUT2D eigenvalue weighted by molar-refractivity contribution is 5.97. The number of ether oxygens (including phenoxy) is 1. The molecule has 2 bridgehead atoms. The van der Waals surface area contributed by atoms with Crippen molar-refractivity contribution in [2.45, 2.75) is 45.7 Å². The average molecular weight is 453 g/mol. The maximum Gasteiger partial charge on any atom is 0.318 e. The minimum atomic E-state index is -0.666. The minimum absolute atomic E-state index is 0.0194. The number of aromatic nitrogens is 1. The molecule has 0 aliphatic carbocycles. The molecule has 0 unspecified atom stereocenters. The molecular formula is C25H32N4O4. The van der Waals surface area contributed by atoms with Crippen LogP contribution in [0.3, 0.4) is 0 Å². The summed E-state index contributed by atoms with van der Waals surface area (Å²) in [6.07, 6.45) is 0.971. The lowest BCUT2D eigenvalue weighted by Gasteiger charge is -2.43. The second-order valence-corrected chi connectivity index (χ2v) is 9.22. The van der Waals surface area contributed by atoms with Crippen molar-refractivity contribution in [3.05, 3.63) is 58.5 Å². The number of urea groups is 1. The Morgan fingerprint density at radius 2 is 1.85 bits per heavy atom. The molecule has 2 aromatic rings. The maximum absolute atomic E-state index is 13.1. The Bertz CT molecular complexity index is 1060. The summed E-state index contributed by atoms with van der Waals surface area (Å²) < 4.78 is 7.28. The molecule has 3 heterocycles. The molecule has 1 fully saturated rings. The van der Waals surface area contributed by atoms with Gasteiger partial charge in [0.1, 0.15) is 11.8 Å². The van der Waals surface area contributed by atoms with Gasteiger partial charge in [-0.2, -0.15) is 0 Å². The van der Waals surface area contributed by atoms with Gasteiger partial charge in [-0.15, -0.1) is 0 Å². The van der Waals surface area contributed by atoms with E-state index >= 15 is 0 Å². The van der Waals surface area contributed by atoms with Gasteiger partial charge < -0.3 is 24.8 Å². The molecule has 2 N–H and O–H groups in total. The first-order chi connectivity index (χ1) is 15.9. The molecule has 0 spiro atoms. The Balaban J connectivity index is 1.41. The summed E-state index contributed by atoms with van der Waals surface area (Å²) in [5.41, 5.74) is 1.66. The third-order valence-electron chi connectivity index (χ3n) is 6.43. The predicted octanol–water partition coefficient (Wildman–Crippen LogP) is 3.04. The van der Waals surface area contributed by atoms with Crippen LogP contribution in [0, 0.1) is 11.8 Å². The van der Waals surface area contributed by atoms with Crippen LogP contribution in [-0.2, 0) is 11.3 Å². The van der Waals surface area contributed by atoms with Gasteiger partial charge in [0, 0.05) is 43.0 Å². The smallest absolute Gasteiger partial charge is 0.318 e. The van der Waals surface area contributed by atoms with Crippen LogP contribution < -0.4 is 20.9 Å². The standard InChI is InChI=1S/C25H32N4O4/c1-4-33-20-10-8-19(9-11-20)26-24(31)23(16(2)3)27-25(32)28-13-17-12-18(15-28)21-6-5-7-22(30)29(21)14-17/h5-11,16-18,23H,4,12-15H2,1-3H3,(H,26,31)(H,27,32)/t17-,18-,23-/m0/s1. The fourth-order valence-corrected chi connectivity index (χ4v) is 4.84. The van der Waals surface area contributed by atoms with Gasteiger partial charge in [-0.25, -0.2) is 4.79 Å². The van der Waals surface area contributed by atoms with Gasteiger partial charge in [-0.05, 0) is 55.5 Å². The zero-order valence-corrected chi connectivity index (χ0v) is 19.4. The number of hydrogen-bond donors (Lipinski definition) is 2. The molecule has 0 saturated carbocycles. The number of rotatable bonds is 6. The topological polar surface area (TPSA) is 92.7 Å². The van der Waals surface area contributed by atoms with Crippen LogP contribution in [0.4, 0.5) is 10.5 Å². The number of likely N-dealkylation sites (tertiary alicyclic amines) is 1. The maximum atomic E-state index is 13.1. The summed E-state index contributed by atoms with van der Waals surface area (Å²) >= 11 is 0. The van der Waals surface area contributed by atoms with Crippen molar-refractivity contribution in [2.75, 3.05) is 25.0 Å². The number of hydrogen-bond acceptors (Lipinski definition) is 4. The number of carbonyl (C=O) groups is 2. The lowest BCUT2D eigenvalue weighted by atomic mass is 9.83. The summed E-state index contributed by atoms with van der Waals surface area (Å²) in [6, 6.07) is 11.6. The normalized spacial score (nSPS) is 20.1. The predicted molar refractivity (Wildman–Crippen MR) is 127 cm³/mol. The van der Waals surface area contributed by atoms with E-state index < -0.39 is 6.04 Å². The molecular weight excluding hydrogens is 420 g/mol. The Hall–Kier alpha value is -3.29. The van der Waals surface area contributed by atoms with Gasteiger partial charge in [0.2, 0.25) is 5.91 Å². The quantitative estimate of drug-likeness (QED) is 0.705. The van der Waals surface area contributed by atoms with Crippen LogP contribution in [0.2, 0.25) is 0 Å². The fourth-order valence-electron chi connectivity index (χ4n) is 4.84. The highest BCUT2D eigenvalue weighted by Gasteiger charge is 2.37. The van der Waals surface area contributed by atoms with Crippen molar-refractivity contribution in [1.82, 2.24) is 14.8 Å². The van der Waals surface area contributed by atoms with Crippen molar-refractivity contribution >= 4 is 17.6 Å². The average Bonchev–Trinajstić information content (AvgIpc) is 2.79. The van der Waals surface area contributed by atoms with Crippen LogP contribution in [0.1, 0.15) is 38.8 Å². The van der Waals surface area contributed by atoms with Gasteiger partial charge in [-0.1, -0.05) is 19.9 Å². The first-order valence-electron chi connectivity index (χ1n) is 11.6. The molecule has 4 rings (SSSR count). The number of piperidine rings is 1. The van der Waals surface area contributed by atoms with Gasteiger partial charge in [0.05, 0.1) is 6.61 Å². The van der Waals surface area contributed by atoms with Crippen molar-refractivity contribution in [1.29, 1.82) is 0 Å². The zero-order chi connectivity index (χ0) is 23.5. The number of pyridine rings is 1. The number of carbonyl (C=O) groups excluding carboxylic acids is 2. The molecule has 2 aliphatic heterocycles. The van der Waals surface area contributed by atoms with E-state index in [0.717, 1.165) is 17.9 Å². The van der Waals surface area contributed by atoms with E-state index in [4.69, 9.17) is 4.74 Å². The summed E-state index contributed by atoms with van der Waals surface area (Å²) in [5, 5.41) is 5.84. The third kappa shape index (κ3) is 5.05. The van der Waals surface area contributed by atoms with Crippen molar-refractivity contribution in [2.24, 2.45) is 11.8 Å². The van der Waals surface area contributed by atoms with E-state index in [1.165, 1.54) is 0 Å². The molecule has 8 heteroatoms. The first kappa shape index (κ1) is 22.9. The number of fused-ring (bicyclic) bond motifs is 4. The minimum Gasteiger partial charge on any atom is -0.494 e. The zero-order valence-electron chi connectivity index (χ0n) is 19.4. The third-order valence-corrected chi connectivity index (χ3v) is 6.43. The van der Waals surface area contributed by atoms with Gasteiger partial charge in [0.25, 0.3) is 5.56 Å². The van der Waals surface area contributed by atoms with Crippen LogP contribution in [0.25, 0.3) is 0 Å². The molecule has 1 saturated heterocycles. The van der Waals surface area contributed by atoms with E-state index in [1.54, 1.807) is 41.3 Å². The second kappa shape index (κ2) is 9.68. The molecule has 0 radical (unpaired) electrons. The molecule has 8 nitrogen and oxygen atoms in total. The Morgan fingerprint density at radius 1 is 1.09 bits per heavy atom. The van der Waals surface area contributed by atoms with E-state index in [0.29, 0.717) is 31.9 Å². The Kier molecular flexibility index (Phi) is 6.72. The molecule has 1 aromatic heterocycles. The van der Waals surface area contributed by atoms with E-state index in [9.17, 15) is 14.4 Å². The summed E-state index contributed by atoms with van der Waals surface area (Å²) in [7, 11) is 0. The molecule has 3 atom stereocenters. The number of nitrogens with one attached hydrogen (secondary N) is 2. The number of amides is 3. The van der Waals surface area contributed by atoms with E-state index in [-0.39, 0.29) is 35.3 Å². The SMILES string of the molecule is CCOc1ccc(NC(=O)[C@@H](NC(=O)N2C[C@@H]3C[C@@H](C2)c2cccc(=O)n2C3)C(C)C)cc1. The molecule has 33 heavy (non-hydrogen) atoms. The number of nitrogens with zero attached hydrogens (tertiary/aromatic N) is 2. The fraction of sp³-hybridized carbons (Fsp3) is 0.480. The van der Waals surface area contributed by atoms with Crippen molar-refractivity contribution < 1.29 is 14.3 Å². The Morgan fingerprint density at radius 3 is 2.55 bits per heavy atom. The Labute approximate surface area is 193 Å². The van der Waals surface area contributed by atoms with E-state index in [2.05, 4.69) is 10.6 Å². The van der Waals surface area contributed by atoms with Gasteiger partial charge >= 0.3 is 6.03 Å². The van der Waals surface area contributed by atoms with Crippen LogP contribution in [0.5, 0.6) is 5.75 Å². The molecule has 1 aromatic carbocycles. The van der Waals surface area contributed by atoms with Crippen molar-refractivity contribution in [3.8, 4) is 5.75 Å². The molecule has 2 aliphatic rings. The summed E-state index contributed by atoms with van der Waals surface area (Å²) in [5.74, 6) is 0.769. The van der Waals surface area contributed by atoms with Crippen LogP contribution >= 0.6 is 0 Å². The molecule has 176 valence electrons. The van der Waals surface area contributed by atoms with Crippen LogP contribution in [-0.4, -0.2) is 47.1 Å². The second-order valence-electron chi connectivity index (χ2n) is 9.22. The summed E-state index contributed by atoms with van der Waals surface area (Å²) in [4.78, 5) is 40.1. The van der Waals surface area contributed by atoms with Crippen molar-refractivity contribution in [3.63, 3.8) is 0 Å². The number of benzene rings is 1. The highest BCUT2D eigenvalue weighted by atomic mass is 16.5. The largest absolute Gasteiger partial charge is 0.494 e. The summed E-state index contributed by atoms with van der Waals surface area (Å²) in [6.45, 7) is 8.06. The van der Waals surface area contributed by atoms with Gasteiger partial charge in [0.15, 0.2) is 0 Å². The molecule has 3 amide bonds.